The zero-order valence-corrected chi connectivity index (χ0v) is 15.7. The number of nitrogens with zero attached hydrogens (tertiary/aromatic N) is 1. The van der Waals surface area contributed by atoms with Gasteiger partial charge in [-0.25, -0.2) is 4.79 Å². The van der Waals surface area contributed by atoms with Gasteiger partial charge in [0.15, 0.2) is 0 Å². The predicted molar refractivity (Wildman–Crippen MR) is 108 cm³/mol. The average molecular weight is 396 g/mol. The Labute approximate surface area is 164 Å². The molecule has 4 aromatic rings. The van der Waals surface area contributed by atoms with E-state index in [1.165, 1.54) is 11.3 Å². The van der Waals surface area contributed by atoms with Gasteiger partial charge in [0.25, 0.3) is 0 Å². The number of ether oxygens (including phenoxy) is 1. The second-order valence-corrected chi connectivity index (χ2v) is 7.15. The summed E-state index contributed by atoms with van der Waals surface area (Å²) in [7, 11) is 0. The summed E-state index contributed by atoms with van der Waals surface area (Å²) in [5.41, 5.74) is 0.703. The molecule has 6 heteroatoms. The Hall–Kier alpha value is -2.89. The summed E-state index contributed by atoms with van der Waals surface area (Å²) < 4.78 is 11.8. The monoisotopic (exact) mass is 395 g/mol. The molecule has 0 saturated heterocycles. The van der Waals surface area contributed by atoms with Crippen molar-refractivity contribution in [3.05, 3.63) is 88.2 Å². The van der Waals surface area contributed by atoms with E-state index in [0.29, 0.717) is 27.8 Å². The standard InChI is InChI=1S/C21H14ClNO3S/c22-19-16-8-2-4-10-18(16)27-20(19)21(24)26-17-9-3-1-6-14(17)12-23-13-15-7-5-11-25-15/h1-12H,13H2. The third kappa shape index (κ3) is 3.79. The summed E-state index contributed by atoms with van der Waals surface area (Å²) in [6, 6.07) is 18.5. The van der Waals surface area contributed by atoms with Gasteiger partial charge in [-0.2, -0.15) is 0 Å². The van der Waals surface area contributed by atoms with Gasteiger partial charge >= 0.3 is 5.97 Å². The first kappa shape index (κ1) is 17.5. The van der Waals surface area contributed by atoms with Crippen molar-refractivity contribution in [3.63, 3.8) is 0 Å². The molecule has 0 N–H and O–H groups in total. The first-order valence-corrected chi connectivity index (χ1v) is 9.42. The van der Waals surface area contributed by atoms with Gasteiger partial charge in [-0.1, -0.05) is 41.9 Å². The Kier molecular flexibility index (Phi) is 5.05. The number of esters is 1. The Morgan fingerprint density at radius 1 is 1.11 bits per heavy atom. The molecule has 0 unspecified atom stereocenters. The Morgan fingerprint density at radius 2 is 1.93 bits per heavy atom. The minimum atomic E-state index is -0.479. The zero-order valence-electron chi connectivity index (χ0n) is 14.1. The van der Waals surface area contributed by atoms with Crippen LogP contribution in [0, 0.1) is 0 Å². The predicted octanol–water partition coefficient (Wildman–Crippen LogP) is 5.99. The Balaban J connectivity index is 1.56. The molecule has 0 saturated carbocycles. The highest BCUT2D eigenvalue weighted by Gasteiger charge is 2.19. The molecule has 0 radical (unpaired) electrons. The fourth-order valence-electron chi connectivity index (χ4n) is 2.61. The molecule has 0 aliphatic rings. The zero-order chi connectivity index (χ0) is 18.6. The first-order chi connectivity index (χ1) is 13.2. The highest BCUT2D eigenvalue weighted by atomic mass is 35.5. The molecule has 4 nitrogen and oxygen atoms in total. The van der Waals surface area contributed by atoms with Gasteiger partial charge in [-0.05, 0) is 30.3 Å². The van der Waals surface area contributed by atoms with Crippen molar-refractivity contribution >= 4 is 45.2 Å². The second kappa shape index (κ2) is 7.78. The van der Waals surface area contributed by atoms with Crippen LogP contribution < -0.4 is 4.74 Å². The Bertz CT molecular complexity index is 1120. The molecular weight excluding hydrogens is 382 g/mol. The molecule has 0 aliphatic heterocycles. The molecule has 134 valence electrons. The van der Waals surface area contributed by atoms with Crippen LogP contribution in [0.1, 0.15) is 21.0 Å². The topological polar surface area (TPSA) is 51.8 Å². The van der Waals surface area contributed by atoms with Crippen LogP contribution in [0.5, 0.6) is 5.75 Å². The van der Waals surface area contributed by atoms with E-state index in [1.54, 1.807) is 24.6 Å². The van der Waals surface area contributed by atoms with Crippen LogP contribution in [0.4, 0.5) is 0 Å². The fourth-order valence-corrected chi connectivity index (χ4v) is 3.99. The van der Waals surface area contributed by atoms with Gasteiger partial charge in [0, 0.05) is 21.9 Å². The van der Waals surface area contributed by atoms with Crippen LogP contribution in [0.15, 0.2) is 76.3 Å². The molecule has 27 heavy (non-hydrogen) atoms. The van der Waals surface area contributed by atoms with Crippen molar-refractivity contribution < 1.29 is 13.9 Å². The lowest BCUT2D eigenvalue weighted by Crippen LogP contribution is -2.08. The molecule has 2 aromatic heterocycles. The summed E-state index contributed by atoms with van der Waals surface area (Å²) in [5.74, 6) is 0.713. The van der Waals surface area contributed by atoms with E-state index in [0.717, 1.165) is 15.8 Å². The maximum atomic E-state index is 12.7. The van der Waals surface area contributed by atoms with Crippen molar-refractivity contribution in [3.8, 4) is 5.75 Å². The highest BCUT2D eigenvalue weighted by molar-refractivity contribution is 7.21. The van der Waals surface area contributed by atoms with Crippen LogP contribution in [-0.2, 0) is 6.54 Å². The summed E-state index contributed by atoms with van der Waals surface area (Å²) >= 11 is 7.69. The minimum Gasteiger partial charge on any atom is -0.467 e. The quantitative estimate of drug-likeness (QED) is 0.237. The number of rotatable bonds is 5. The molecule has 2 aromatic carbocycles. The smallest absolute Gasteiger partial charge is 0.355 e. The molecule has 0 aliphatic carbocycles. The number of benzene rings is 2. The SMILES string of the molecule is O=C(Oc1ccccc1C=NCc1ccco1)c1sc2ccccc2c1Cl. The second-order valence-electron chi connectivity index (χ2n) is 5.72. The van der Waals surface area contributed by atoms with E-state index in [-0.39, 0.29) is 0 Å². The number of aliphatic imine (C=N–C) groups is 1. The van der Waals surface area contributed by atoms with Crippen molar-refractivity contribution in [1.29, 1.82) is 0 Å². The summed E-state index contributed by atoms with van der Waals surface area (Å²) in [6.45, 7) is 0.414. The number of thiophene rings is 1. The van der Waals surface area contributed by atoms with Gasteiger partial charge in [0.1, 0.15) is 16.4 Å². The van der Waals surface area contributed by atoms with E-state index in [4.69, 9.17) is 20.8 Å². The van der Waals surface area contributed by atoms with Crippen LogP contribution >= 0.6 is 22.9 Å². The van der Waals surface area contributed by atoms with Crippen LogP contribution in [0.3, 0.4) is 0 Å². The maximum absolute atomic E-state index is 12.7. The minimum absolute atomic E-state index is 0.389. The lowest BCUT2D eigenvalue weighted by atomic mass is 10.2. The molecule has 2 heterocycles. The van der Waals surface area contributed by atoms with Gasteiger partial charge in [0.2, 0.25) is 0 Å². The number of para-hydroxylation sites is 1. The number of hydrogen-bond acceptors (Lipinski definition) is 5. The normalized spacial score (nSPS) is 11.3. The fraction of sp³-hybridized carbons (Fsp3) is 0.0476. The van der Waals surface area contributed by atoms with E-state index in [2.05, 4.69) is 4.99 Å². The molecule has 0 atom stereocenters. The van der Waals surface area contributed by atoms with Crippen LogP contribution in [-0.4, -0.2) is 12.2 Å². The third-order valence-corrected chi connectivity index (χ3v) is 5.56. The summed E-state index contributed by atoms with van der Waals surface area (Å²) in [6.07, 6.45) is 3.27. The van der Waals surface area contributed by atoms with Gasteiger partial charge < -0.3 is 9.15 Å². The van der Waals surface area contributed by atoms with Crippen molar-refractivity contribution in [2.24, 2.45) is 4.99 Å². The van der Waals surface area contributed by atoms with Crippen molar-refractivity contribution in [2.45, 2.75) is 6.54 Å². The third-order valence-electron chi connectivity index (χ3n) is 3.90. The number of fused-ring (bicyclic) bond motifs is 1. The molecular formula is C21H14ClNO3S. The number of halogens is 1. The van der Waals surface area contributed by atoms with Crippen molar-refractivity contribution in [2.75, 3.05) is 0 Å². The van der Waals surface area contributed by atoms with Crippen molar-refractivity contribution in [1.82, 2.24) is 0 Å². The highest BCUT2D eigenvalue weighted by Crippen LogP contribution is 2.35. The largest absolute Gasteiger partial charge is 0.467 e. The molecule has 0 bridgehead atoms. The molecule has 0 amide bonds. The summed E-state index contributed by atoms with van der Waals surface area (Å²) in [4.78, 5) is 17.4. The van der Waals surface area contributed by atoms with E-state index in [1.807, 2.05) is 48.5 Å². The van der Waals surface area contributed by atoms with Gasteiger partial charge in [-0.3, -0.25) is 4.99 Å². The maximum Gasteiger partial charge on any atom is 0.355 e. The number of carbonyl (C=O) groups is 1. The van der Waals surface area contributed by atoms with Crippen LogP contribution in [0.25, 0.3) is 10.1 Å². The first-order valence-electron chi connectivity index (χ1n) is 8.23. The number of carbonyl (C=O) groups excluding carboxylic acids is 1. The van der Waals surface area contributed by atoms with Gasteiger partial charge in [0.05, 0.1) is 17.8 Å². The average Bonchev–Trinajstić information content (AvgIpc) is 3.32. The van der Waals surface area contributed by atoms with E-state index >= 15 is 0 Å². The van der Waals surface area contributed by atoms with Gasteiger partial charge in [-0.15, -0.1) is 11.3 Å². The van der Waals surface area contributed by atoms with E-state index < -0.39 is 5.97 Å². The molecule has 4 rings (SSSR count). The van der Waals surface area contributed by atoms with Crippen LogP contribution in [0.2, 0.25) is 5.02 Å². The molecule has 0 spiro atoms. The number of hydrogen-bond donors (Lipinski definition) is 0. The lowest BCUT2D eigenvalue weighted by Gasteiger charge is -2.06. The lowest BCUT2D eigenvalue weighted by molar-refractivity contribution is 0.0740. The summed E-state index contributed by atoms with van der Waals surface area (Å²) in [5, 5.41) is 1.27. The Morgan fingerprint density at radius 3 is 2.74 bits per heavy atom. The molecule has 0 fully saturated rings. The van der Waals surface area contributed by atoms with E-state index in [9.17, 15) is 4.79 Å². The number of furan rings is 1.